The molecule has 2 heterocycles. The zero-order chi connectivity index (χ0) is 17.1. The van der Waals surface area contributed by atoms with E-state index in [9.17, 15) is 14.7 Å². The fourth-order valence-corrected chi connectivity index (χ4v) is 2.56. The Hall–Kier alpha value is -3.09. The topological polar surface area (TPSA) is 108 Å². The van der Waals surface area contributed by atoms with Crippen LogP contribution in [0, 0.1) is 6.92 Å². The predicted octanol–water partition coefficient (Wildman–Crippen LogP) is 1.82. The maximum Gasteiger partial charge on any atom is 0.326 e. The van der Waals surface area contributed by atoms with Crippen LogP contribution >= 0.6 is 0 Å². The van der Waals surface area contributed by atoms with Crippen molar-refractivity contribution in [3.05, 3.63) is 53.8 Å². The Kier molecular flexibility index (Phi) is 4.33. The molecular formula is C17H17N3O4. The first-order valence-corrected chi connectivity index (χ1v) is 7.49. The second-order valence-electron chi connectivity index (χ2n) is 5.68. The molecular weight excluding hydrogens is 310 g/mol. The zero-order valence-corrected chi connectivity index (χ0v) is 13.1. The number of amides is 1. The largest absolute Gasteiger partial charge is 0.480 e. The number of carbonyl (C=O) groups excluding carboxylic acids is 1. The molecule has 0 aliphatic rings. The van der Waals surface area contributed by atoms with Gasteiger partial charge >= 0.3 is 5.97 Å². The van der Waals surface area contributed by atoms with E-state index in [1.807, 2.05) is 25.1 Å². The summed E-state index contributed by atoms with van der Waals surface area (Å²) < 4.78 is 5.46. The number of carboxylic acid groups (broad SMARTS) is 1. The number of H-pyrrole nitrogens is 1. The van der Waals surface area contributed by atoms with E-state index in [-0.39, 0.29) is 18.7 Å². The van der Waals surface area contributed by atoms with Gasteiger partial charge in [0, 0.05) is 29.3 Å². The van der Waals surface area contributed by atoms with E-state index in [0.29, 0.717) is 11.3 Å². The number of aromatic amines is 1. The van der Waals surface area contributed by atoms with E-state index in [2.05, 4.69) is 15.3 Å². The lowest BCUT2D eigenvalue weighted by Crippen LogP contribution is -2.43. The van der Waals surface area contributed by atoms with Gasteiger partial charge in [-0.25, -0.2) is 9.78 Å². The van der Waals surface area contributed by atoms with E-state index in [4.69, 9.17) is 4.42 Å². The minimum Gasteiger partial charge on any atom is -0.480 e. The maximum absolute atomic E-state index is 12.2. The maximum atomic E-state index is 12.2. The molecule has 1 amide bonds. The van der Waals surface area contributed by atoms with Gasteiger partial charge in [0.05, 0.1) is 19.0 Å². The van der Waals surface area contributed by atoms with E-state index in [1.165, 1.54) is 18.8 Å². The number of rotatable bonds is 6. The lowest BCUT2D eigenvalue weighted by atomic mass is 10.1. The Morgan fingerprint density at radius 2 is 2.25 bits per heavy atom. The number of benzene rings is 1. The first kappa shape index (κ1) is 15.8. The summed E-state index contributed by atoms with van der Waals surface area (Å²) in [7, 11) is 0. The van der Waals surface area contributed by atoms with Crippen molar-refractivity contribution >= 4 is 22.8 Å². The summed E-state index contributed by atoms with van der Waals surface area (Å²) in [6.07, 6.45) is 4.74. The van der Waals surface area contributed by atoms with Crippen LogP contribution in [-0.2, 0) is 22.4 Å². The number of aryl methyl sites for hydroxylation is 1. The molecule has 7 nitrogen and oxygen atoms in total. The number of fused-ring (bicyclic) bond motifs is 1. The molecule has 0 spiro atoms. The number of aromatic nitrogens is 2. The Balaban J connectivity index is 1.69. The van der Waals surface area contributed by atoms with Crippen LogP contribution in [0.3, 0.4) is 0 Å². The Labute approximate surface area is 137 Å². The standard InChI is InChI=1S/C17H17N3O4/c1-10-2-3-13-11(8-24-15(13)4-10)5-16(21)20-14(17(22)23)6-12-7-18-9-19-12/h2-4,7-9,14H,5-6H2,1H3,(H,18,19)(H,20,21)(H,22,23). The monoisotopic (exact) mass is 327 g/mol. The highest BCUT2D eigenvalue weighted by atomic mass is 16.4. The van der Waals surface area contributed by atoms with Crippen LogP contribution in [0.25, 0.3) is 11.0 Å². The minimum atomic E-state index is -1.09. The van der Waals surface area contributed by atoms with Gasteiger partial charge in [0.1, 0.15) is 11.6 Å². The lowest BCUT2D eigenvalue weighted by Gasteiger charge is -2.13. The summed E-state index contributed by atoms with van der Waals surface area (Å²) in [5, 5.41) is 12.7. The molecule has 24 heavy (non-hydrogen) atoms. The Bertz CT molecular complexity index is 867. The first-order valence-electron chi connectivity index (χ1n) is 7.49. The highest BCUT2D eigenvalue weighted by Gasteiger charge is 2.21. The van der Waals surface area contributed by atoms with E-state index in [1.54, 1.807) is 0 Å². The predicted molar refractivity (Wildman–Crippen MR) is 86.5 cm³/mol. The number of hydrogen-bond acceptors (Lipinski definition) is 4. The van der Waals surface area contributed by atoms with Crippen LogP contribution < -0.4 is 5.32 Å². The van der Waals surface area contributed by atoms with Crippen molar-refractivity contribution in [2.24, 2.45) is 0 Å². The second kappa shape index (κ2) is 6.57. The molecule has 3 rings (SSSR count). The first-order chi connectivity index (χ1) is 11.5. The number of furan rings is 1. The highest BCUT2D eigenvalue weighted by molar-refractivity contribution is 5.90. The van der Waals surface area contributed by atoms with Gasteiger partial charge in [0.15, 0.2) is 0 Å². The summed E-state index contributed by atoms with van der Waals surface area (Å²) in [6.45, 7) is 1.96. The van der Waals surface area contributed by atoms with Crippen LogP contribution in [-0.4, -0.2) is 33.0 Å². The van der Waals surface area contributed by atoms with Crippen LogP contribution in [0.15, 0.2) is 41.4 Å². The van der Waals surface area contributed by atoms with Crippen LogP contribution in [0.1, 0.15) is 16.8 Å². The van der Waals surface area contributed by atoms with Gasteiger partial charge in [-0.05, 0) is 18.6 Å². The summed E-state index contributed by atoms with van der Waals surface area (Å²) >= 11 is 0. The number of aliphatic carboxylic acids is 1. The third-order valence-corrected chi connectivity index (χ3v) is 3.77. The van der Waals surface area contributed by atoms with Crippen molar-refractivity contribution in [2.45, 2.75) is 25.8 Å². The third-order valence-electron chi connectivity index (χ3n) is 3.77. The number of nitrogens with zero attached hydrogens (tertiary/aromatic N) is 1. The third kappa shape index (κ3) is 3.45. The zero-order valence-electron chi connectivity index (χ0n) is 13.1. The van der Waals surface area contributed by atoms with Gasteiger partial charge in [-0.15, -0.1) is 0 Å². The van der Waals surface area contributed by atoms with Crippen molar-refractivity contribution in [3.8, 4) is 0 Å². The normalized spacial score (nSPS) is 12.2. The summed E-state index contributed by atoms with van der Waals surface area (Å²) in [6, 6.07) is 4.72. The van der Waals surface area contributed by atoms with E-state index < -0.39 is 12.0 Å². The van der Waals surface area contributed by atoms with E-state index >= 15 is 0 Å². The quantitative estimate of drug-likeness (QED) is 0.640. The smallest absolute Gasteiger partial charge is 0.326 e. The Morgan fingerprint density at radius 3 is 2.96 bits per heavy atom. The lowest BCUT2D eigenvalue weighted by molar-refractivity contribution is -0.141. The van der Waals surface area contributed by atoms with Gasteiger partial charge in [0.2, 0.25) is 5.91 Å². The molecule has 0 fully saturated rings. The van der Waals surface area contributed by atoms with Gasteiger partial charge in [-0.2, -0.15) is 0 Å². The SMILES string of the molecule is Cc1ccc2c(CC(=O)NC(Cc3cnc[nH]3)C(=O)O)coc2c1. The van der Waals surface area contributed by atoms with E-state index in [0.717, 1.165) is 16.5 Å². The summed E-state index contributed by atoms with van der Waals surface area (Å²) in [5.74, 6) is -1.46. The average Bonchev–Trinajstić information content (AvgIpc) is 3.16. The molecule has 124 valence electrons. The fraction of sp³-hybridized carbons (Fsp3) is 0.235. The molecule has 0 saturated carbocycles. The molecule has 1 unspecified atom stereocenters. The molecule has 0 saturated heterocycles. The molecule has 3 aromatic rings. The molecule has 3 N–H and O–H groups in total. The molecule has 0 aliphatic carbocycles. The van der Waals surface area contributed by atoms with Crippen LogP contribution in [0.4, 0.5) is 0 Å². The number of carbonyl (C=O) groups is 2. The summed E-state index contributed by atoms with van der Waals surface area (Å²) in [5.41, 5.74) is 3.16. The average molecular weight is 327 g/mol. The van der Waals surface area contributed by atoms with Crippen LogP contribution in [0.5, 0.6) is 0 Å². The molecule has 0 bridgehead atoms. The molecule has 7 heteroatoms. The number of hydrogen-bond donors (Lipinski definition) is 3. The fourth-order valence-electron chi connectivity index (χ4n) is 2.56. The minimum absolute atomic E-state index is 0.0584. The van der Waals surface area contributed by atoms with Crippen molar-refractivity contribution in [1.82, 2.24) is 15.3 Å². The molecule has 0 aliphatic heterocycles. The van der Waals surface area contributed by atoms with Crippen molar-refractivity contribution in [1.29, 1.82) is 0 Å². The van der Waals surface area contributed by atoms with Crippen molar-refractivity contribution < 1.29 is 19.1 Å². The molecule has 2 aromatic heterocycles. The van der Waals surface area contributed by atoms with Gasteiger partial charge < -0.3 is 19.8 Å². The molecule has 1 aromatic carbocycles. The number of carboxylic acids is 1. The highest BCUT2D eigenvalue weighted by Crippen LogP contribution is 2.22. The summed E-state index contributed by atoms with van der Waals surface area (Å²) in [4.78, 5) is 30.2. The van der Waals surface area contributed by atoms with Crippen molar-refractivity contribution in [3.63, 3.8) is 0 Å². The Morgan fingerprint density at radius 1 is 1.42 bits per heavy atom. The number of nitrogens with one attached hydrogen (secondary N) is 2. The van der Waals surface area contributed by atoms with Crippen LogP contribution in [0.2, 0.25) is 0 Å². The van der Waals surface area contributed by atoms with Gasteiger partial charge in [-0.3, -0.25) is 4.79 Å². The molecule has 1 atom stereocenters. The van der Waals surface area contributed by atoms with Gasteiger partial charge in [-0.1, -0.05) is 12.1 Å². The molecule has 0 radical (unpaired) electrons. The van der Waals surface area contributed by atoms with Gasteiger partial charge in [0.25, 0.3) is 0 Å². The second-order valence-corrected chi connectivity index (χ2v) is 5.68. The number of imidazole rings is 1. The van der Waals surface area contributed by atoms with Crippen molar-refractivity contribution in [2.75, 3.05) is 0 Å².